The Morgan fingerprint density at radius 1 is 1.23 bits per heavy atom. The Kier molecular flexibility index (Phi) is 7.91. The zero-order valence-corrected chi connectivity index (χ0v) is 20.4. The van der Waals surface area contributed by atoms with E-state index < -0.39 is 17.6 Å². The van der Waals surface area contributed by atoms with Gasteiger partial charge >= 0.3 is 6.09 Å². The predicted octanol–water partition coefficient (Wildman–Crippen LogP) is 6.31. The first-order chi connectivity index (χ1) is 16.8. The van der Waals surface area contributed by atoms with Crippen LogP contribution in [0.25, 0.3) is 11.1 Å². The number of aliphatic imine (C=N–C) groups is 2. The summed E-state index contributed by atoms with van der Waals surface area (Å²) < 4.78 is 20.4. The summed E-state index contributed by atoms with van der Waals surface area (Å²) in [5.41, 5.74) is 2.22. The Hall–Kier alpha value is -4.13. The molecule has 1 aliphatic rings. The summed E-state index contributed by atoms with van der Waals surface area (Å²) in [6.07, 6.45) is 11.4. The first-order valence-corrected chi connectivity index (χ1v) is 11.1. The van der Waals surface area contributed by atoms with E-state index in [2.05, 4.69) is 28.1 Å². The number of aromatic nitrogens is 1. The van der Waals surface area contributed by atoms with Gasteiger partial charge in [-0.1, -0.05) is 55.7 Å². The quantitative estimate of drug-likeness (QED) is 0.205. The molecule has 1 amide bonds. The Morgan fingerprint density at radius 2 is 1.94 bits per heavy atom. The van der Waals surface area contributed by atoms with Crippen LogP contribution in [-0.2, 0) is 4.74 Å². The van der Waals surface area contributed by atoms with Crippen LogP contribution < -0.4 is 4.90 Å². The lowest BCUT2D eigenvalue weighted by Crippen LogP contribution is -2.43. The topological polar surface area (TPSA) is 67.2 Å². The monoisotopic (exact) mass is 472 g/mol. The Morgan fingerprint density at radius 3 is 2.54 bits per heavy atom. The van der Waals surface area contributed by atoms with E-state index in [4.69, 9.17) is 4.74 Å². The highest BCUT2D eigenvalue weighted by Crippen LogP contribution is 2.38. The van der Waals surface area contributed by atoms with Gasteiger partial charge in [-0.2, -0.15) is 4.39 Å². The van der Waals surface area contributed by atoms with Crippen molar-refractivity contribution in [3.05, 3.63) is 97.2 Å². The zero-order chi connectivity index (χ0) is 25.6. The van der Waals surface area contributed by atoms with Crippen molar-refractivity contribution in [1.29, 1.82) is 0 Å². The SMILES string of the molecule is C=CC=NC(=NC)c1cnc(F)c(-c2ccc(N3C(=O)OC(C)(C)C3C(/C=C\C)=C/C=C)cc2)c1. The molecule has 1 unspecified atom stereocenters. The summed E-state index contributed by atoms with van der Waals surface area (Å²) in [4.78, 5) is 26.7. The molecule has 35 heavy (non-hydrogen) atoms. The molecule has 0 bridgehead atoms. The lowest BCUT2D eigenvalue weighted by molar-refractivity contribution is 0.0752. The van der Waals surface area contributed by atoms with Crippen LogP contribution in [0.1, 0.15) is 26.3 Å². The zero-order valence-electron chi connectivity index (χ0n) is 20.4. The fraction of sp³-hybridized carbons (Fsp3) is 0.214. The van der Waals surface area contributed by atoms with Crippen molar-refractivity contribution in [3.8, 4) is 11.1 Å². The number of cyclic esters (lactones) is 1. The van der Waals surface area contributed by atoms with Crippen molar-refractivity contribution < 1.29 is 13.9 Å². The number of anilines is 1. The minimum absolute atomic E-state index is 0.297. The largest absolute Gasteiger partial charge is 0.441 e. The van der Waals surface area contributed by atoms with E-state index in [0.717, 1.165) is 5.57 Å². The maximum atomic E-state index is 14.7. The molecule has 1 aliphatic heterocycles. The molecule has 2 heterocycles. The van der Waals surface area contributed by atoms with Crippen molar-refractivity contribution in [2.24, 2.45) is 9.98 Å². The third kappa shape index (κ3) is 5.35. The van der Waals surface area contributed by atoms with Gasteiger partial charge < -0.3 is 4.74 Å². The molecule has 1 saturated heterocycles. The molecule has 3 rings (SSSR count). The smallest absolute Gasteiger partial charge is 0.415 e. The second-order valence-corrected chi connectivity index (χ2v) is 8.32. The molecule has 0 aliphatic carbocycles. The minimum atomic E-state index is -0.768. The number of carbonyl (C=O) groups is 1. The van der Waals surface area contributed by atoms with Gasteiger partial charge in [0.2, 0.25) is 5.95 Å². The van der Waals surface area contributed by atoms with Gasteiger partial charge in [0.05, 0.1) is 0 Å². The molecule has 1 aromatic carbocycles. The fourth-order valence-electron chi connectivity index (χ4n) is 4.08. The maximum absolute atomic E-state index is 14.7. The third-order valence-electron chi connectivity index (χ3n) is 5.52. The van der Waals surface area contributed by atoms with Crippen LogP contribution in [0.3, 0.4) is 0 Å². The molecule has 1 fully saturated rings. The summed E-state index contributed by atoms with van der Waals surface area (Å²) in [6.45, 7) is 13.1. The number of allylic oxidation sites excluding steroid dienone is 4. The molecule has 6 nitrogen and oxygen atoms in total. The lowest BCUT2D eigenvalue weighted by atomic mass is 9.90. The number of rotatable bonds is 7. The third-order valence-corrected chi connectivity index (χ3v) is 5.52. The first-order valence-electron chi connectivity index (χ1n) is 11.1. The van der Waals surface area contributed by atoms with E-state index in [1.54, 1.807) is 48.4 Å². The normalized spacial score (nSPS) is 18.4. The van der Waals surface area contributed by atoms with E-state index in [1.807, 2.05) is 39.0 Å². The molecule has 1 atom stereocenters. The second kappa shape index (κ2) is 10.9. The van der Waals surface area contributed by atoms with E-state index in [0.29, 0.717) is 28.2 Å². The number of nitrogens with zero attached hydrogens (tertiary/aromatic N) is 4. The van der Waals surface area contributed by atoms with Crippen LogP contribution in [0.4, 0.5) is 14.9 Å². The van der Waals surface area contributed by atoms with Gasteiger partial charge in [-0.3, -0.25) is 9.89 Å². The number of halogens is 1. The number of amidine groups is 1. The maximum Gasteiger partial charge on any atom is 0.415 e. The molecule has 0 saturated carbocycles. The van der Waals surface area contributed by atoms with E-state index in [9.17, 15) is 9.18 Å². The molecule has 2 aromatic rings. The van der Waals surface area contributed by atoms with Gasteiger partial charge in [0.15, 0.2) is 5.84 Å². The van der Waals surface area contributed by atoms with Crippen molar-refractivity contribution in [3.63, 3.8) is 0 Å². The summed E-state index contributed by atoms with van der Waals surface area (Å²) in [7, 11) is 1.60. The van der Waals surface area contributed by atoms with Gasteiger partial charge in [0.1, 0.15) is 11.6 Å². The van der Waals surface area contributed by atoms with Crippen LogP contribution in [0.5, 0.6) is 0 Å². The van der Waals surface area contributed by atoms with Gasteiger partial charge in [0, 0.05) is 36.3 Å². The first kappa shape index (κ1) is 25.5. The lowest BCUT2D eigenvalue weighted by Gasteiger charge is -2.30. The predicted molar refractivity (Wildman–Crippen MR) is 141 cm³/mol. The number of hydrogen-bond donors (Lipinski definition) is 0. The fourth-order valence-corrected chi connectivity index (χ4v) is 4.08. The molecule has 0 spiro atoms. The van der Waals surface area contributed by atoms with Gasteiger partial charge in [-0.05, 0) is 50.1 Å². The Balaban J connectivity index is 2.02. The van der Waals surface area contributed by atoms with Crippen LogP contribution in [0, 0.1) is 5.95 Å². The average Bonchev–Trinajstić information content (AvgIpc) is 3.08. The molecule has 0 N–H and O–H groups in total. The minimum Gasteiger partial charge on any atom is -0.441 e. The number of hydrogen-bond acceptors (Lipinski definition) is 4. The van der Waals surface area contributed by atoms with Crippen molar-refractivity contribution >= 4 is 23.8 Å². The number of carbonyl (C=O) groups excluding carboxylic acids is 1. The molecular weight excluding hydrogens is 443 g/mol. The summed E-state index contributed by atoms with van der Waals surface area (Å²) in [5, 5.41) is 0. The second-order valence-electron chi connectivity index (χ2n) is 8.32. The van der Waals surface area contributed by atoms with Gasteiger partial charge in [0.25, 0.3) is 0 Å². The Labute approximate surface area is 205 Å². The summed E-state index contributed by atoms with van der Waals surface area (Å²) in [5.74, 6) is -0.209. The number of ether oxygens (including phenoxy) is 1. The molecule has 0 radical (unpaired) electrons. The molecule has 180 valence electrons. The molecule has 7 heteroatoms. The van der Waals surface area contributed by atoms with Crippen LogP contribution in [0.2, 0.25) is 0 Å². The molecular formula is C28H29FN4O2. The van der Waals surface area contributed by atoms with Crippen molar-refractivity contribution in [2.45, 2.75) is 32.4 Å². The van der Waals surface area contributed by atoms with Crippen molar-refractivity contribution in [2.75, 3.05) is 11.9 Å². The Bertz CT molecular complexity index is 1240. The summed E-state index contributed by atoms with van der Waals surface area (Å²) >= 11 is 0. The highest BCUT2D eigenvalue weighted by atomic mass is 19.1. The van der Waals surface area contributed by atoms with E-state index in [1.165, 1.54) is 18.5 Å². The number of benzene rings is 1. The number of pyridine rings is 1. The highest BCUT2D eigenvalue weighted by molar-refractivity contribution is 6.04. The molecule has 1 aromatic heterocycles. The van der Waals surface area contributed by atoms with Crippen LogP contribution >= 0.6 is 0 Å². The number of amides is 1. The summed E-state index contributed by atoms with van der Waals surface area (Å²) in [6, 6.07) is 8.30. The van der Waals surface area contributed by atoms with Crippen LogP contribution in [-0.4, -0.2) is 41.8 Å². The average molecular weight is 473 g/mol. The standard InChI is InChI=1S/C28H29FN4O2/c1-7-10-20(11-8-2)24-28(4,5)35-27(34)33(24)22-14-12-19(13-15-22)23-17-21(18-32-25(23)29)26(30-6)31-16-9-3/h7-18,24H,1,3H2,2,4-6H3/b11-8-,20-10+,30-26?,31-16?. The van der Waals surface area contributed by atoms with Crippen molar-refractivity contribution in [1.82, 2.24) is 4.98 Å². The van der Waals surface area contributed by atoms with Gasteiger partial charge in [-0.15, -0.1) is 0 Å². The van der Waals surface area contributed by atoms with Crippen LogP contribution in [0.15, 0.2) is 95.6 Å². The van der Waals surface area contributed by atoms with E-state index in [-0.39, 0.29) is 6.04 Å². The van der Waals surface area contributed by atoms with E-state index >= 15 is 0 Å². The highest BCUT2D eigenvalue weighted by Gasteiger charge is 2.49. The van der Waals surface area contributed by atoms with Gasteiger partial charge in [-0.25, -0.2) is 14.8 Å².